The van der Waals surface area contributed by atoms with E-state index in [1.165, 1.54) is 63.6 Å². The minimum Gasteiger partial charge on any atom is -0.258 e. The second kappa shape index (κ2) is 11.2. The third kappa shape index (κ3) is 8.21. The molecule has 0 aliphatic carbocycles. The summed E-state index contributed by atoms with van der Waals surface area (Å²) in [5, 5.41) is 0. The third-order valence-electron chi connectivity index (χ3n) is 3.08. The van der Waals surface area contributed by atoms with Gasteiger partial charge in [0.15, 0.2) is 0 Å². The van der Waals surface area contributed by atoms with E-state index in [0.717, 1.165) is 12.1 Å². The Labute approximate surface area is 112 Å². The van der Waals surface area contributed by atoms with E-state index < -0.39 is 0 Å². The van der Waals surface area contributed by atoms with Crippen LogP contribution in [-0.2, 0) is 6.42 Å². The molecule has 104 valence electrons. The summed E-state index contributed by atoms with van der Waals surface area (Å²) >= 11 is 0. The number of unbranched alkanes of at least 4 members (excludes halogenated alkanes) is 7. The first-order valence-electron chi connectivity index (χ1n) is 6.93. The molecule has 0 spiro atoms. The van der Waals surface area contributed by atoms with Gasteiger partial charge in [0, 0.05) is 5.69 Å². The summed E-state index contributed by atoms with van der Waals surface area (Å²) in [6.07, 6.45) is 12.9. The Morgan fingerprint density at radius 2 is 1.56 bits per heavy atom. The fourth-order valence-corrected chi connectivity index (χ4v) is 1.99. The summed E-state index contributed by atoms with van der Waals surface area (Å²) in [4.78, 5) is 4.06. The topological polar surface area (TPSA) is 12.9 Å². The molecule has 0 bridgehead atoms. The second-order valence-electron chi connectivity index (χ2n) is 4.69. The molecule has 0 atom stereocenters. The fraction of sp³-hybridized carbons (Fsp3) is 0.688. The van der Waals surface area contributed by atoms with Crippen LogP contribution in [-0.4, -0.2) is 4.98 Å². The number of halogens is 1. The lowest BCUT2D eigenvalue weighted by atomic mass is 10.1. The van der Waals surface area contributed by atoms with E-state index in [-0.39, 0.29) is 13.2 Å². The molecule has 0 unspecified atom stereocenters. The van der Waals surface area contributed by atoms with Crippen LogP contribution in [0.15, 0.2) is 18.3 Å². The average Bonchev–Trinajstić information content (AvgIpc) is 2.35. The zero-order valence-electron chi connectivity index (χ0n) is 10.9. The molecule has 0 N–H and O–H groups in total. The number of nitrogens with zero attached hydrogens (tertiary/aromatic N) is 1. The Morgan fingerprint density at radius 3 is 2.11 bits per heavy atom. The summed E-state index contributed by atoms with van der Waals surface area (Å²) in [6.45, 7) is 2.25. The molecule has 1 nitrogen and oxygen atoms in total. The van der Waals surface area contributed by atoms with E-state index in [0.29, 0.717) is 0 Å². The third-order valence-corrected chi connectivity index (χ3v) is 3.08. The van der Waals surface area contributed by atoms with Gasteiger partial charge in [0.1, 0.15) is 5.82 Å². The van der Waals surface area contributed by atoms with Gasteiger partial charge < -0.3 is 0 Å². The number of aryl methyl sites for hydroxylation is 1. The Hall–Kier alpha value is -0.920. The number of hydrogen-bond acceptors (Lipinski definition) is 1. The van der Waals surface area contributed by atoms with Gasteiger partial charge in [-0.15, -0.1) is 0 Å². The van der Waals surface area contributed by atoms with E-state index in [4.69, 9.17) is 0 Å². The van der Waals surface area contributed by atoms with Gasteiger partial charge >= 0.3 is 0 Å². The monoisotopic (exact) mass is 253 g/mol. The van der Waals surface area contributed by atoms with Gasteiger partial charge in [0.05, 0.1) is 6.20 Å². The highest BCUT2D eigenvalue weighted by atomic mass is 19.1. The highest BCUT2D eigenvalue weighted by molar-refractivity contribution is 5.05. The van der Waals surface area contributed by atoms with Gasteiger partial charge in [-0.05, 0) is 25.0 Å². The second-order valence-corrected chi connectivity index (χ2v) is 4.69. The van der Waals surface area contributed by atoms with Gasteiger partial charge in [0.25, 0.3) is 0 Å². The van der Waals surface area contributed by atoms with Crippen molar-refractivity contribution in [3.8, 4) is 0 Å². The lowest BCUT2D eigenvalue weighted by Gasteiger charge is -2.02. The largest absolute Gasteiger partial charge is 0.258 e. The molecule has 0 aliphatic rings. The van der Waals surface area contributed by atoms with Crippen LogP contribution >= 0.6 is 0 Å². The van der Waals surface area contributed by atoms with Gasteiger partial charge in [-0.25, -0.2) is 4.39 Å². The standard InChI is InChI=1S/C15H24FN.CH4/c1-2-3-4-5-6-7-8-9-10-15-12-11-14(16)13-17-15;/h11-13H,2-10H2,1H3;1H4. The van der Waals surface area contributed by atoms with Crippen molar-refractivity contribution in [2.24, 2.45) is 0 Å². The van der Waals surface area contributed by atoms with Crippen molar-refractivity contribution in [2.45, 2.75) is 72.1 Å². The van der Waals surface area contributed by atoms with Crippen molar-refractivity contribution in [1.82, 2.24) is 4.98 Å². The molecule has 0 aliphatic heterocycles. The summed E-state index contributed by atoms with van der Waals surface area (Å²) in [7, 11) is 0. The van der Waals surface area contributed by atoms with Crippen molar-refractivity contribution in [1.29, 1.82) is 0 Å². The molecule has 1 aromatic heterocycles. The first kappa shape index (κ1) is 17.1. The molecule has 0 fully saturated rings. The Balaban J connectivity index is 0.00000289. The van der Waals surface area contributed by atoms with E-state index in [1.807, 2.05) is 0 Å². The lowest BCUT2D eigenvalue weighted by Crippen LogP contribution is -1.91. The molecular weight excluding hydrogens is 225 g/mol. The summed E-state index contributed by atoms with van der Waals surface area (Å²) in [5.74, 6) is -0.246. The van der Waals surface area contributed by atoms with Gasteiger partial charge in [0.2, 0.25) is 0 Å². The molecule has 2 heteroatoms. The SMILES string of the molecule is C.CCCCCCCCCCc1ccc(F)cn1. The predicted molar refractivity (Wildman–Crippen MR) is 77.2 cm³/mol. The van der Waals surface area contributed by atoms with Crippen LogP contribution in [0, 0.1) is 5.82 Å². The maximum Gasteiger partial charge on any atom is 0.141 e. The number of hydrogen-bond donors (Lipinski definition) is 0. The minimum absolute atomic E-state index is 0. The van der Waals surface area contributed by atoms with Crippen LogP contribution in [0.4, 0.5) is 4.39 Å². The Kier molecular flexibility index (Phi) is 10.6. The number of rotatable bonds is 9. The quantitative estimate of drug-likeness (QED) is 0.526. The van der Waals surface area contributed by atoms with E-state index in [1.54, 1.807) is 6.07 Å². The average molecular weight is 253 g/mol. The predicted octanol–water partition coefficient (Wildman–Crippen LogP) is 5.54. The van der Waals surface area contributed by atoms with Crippen LogP contribution in [0.2, 0.25) is 0 Å². The van der Waals surface area contributed by atoms with Crippen molar-refractivity contribution >= 4 is 0 Å². The summed E-state index contributed by atoms with van der Waals surface area (Å²) < 4.78 is 12.6. The molecule has 0 saturated carbocycles. The summed E-state index contributed by atoms with van der Waals surface area (Å²) in [6, 6.07) is 3.28. The van der Waals surface area contributed by atoms with Crippen molar-refractivity contribution < 1.29 is 4.39 Å². The molecule has 1 heterocycles. The van der Waals surface area contributed by atoms with Crippen LogP contribution in [0.1, 0.15) is 71.4 Å². The lowest BCUT2D eigenvalue weighted by molar-refractivity contribution is 0.572. The van der Waals surface area contributed by atoms with Crippen molar-refractivity contribution in [3.05, 3.63) is 29.8 Å². The van der Waals surface area contributed by atoms with E-state index >= 15 is 0 Å². The Morgan fingerprint density at radius 1 is 0.944 bits per heavy atom. The van der Waals surface area contributed by atoms with Crippen LogP contribution in [0.25, 0.3) is 0 Å². The van der Waals surface area contributed by atoms with Gasteiger partial charge in [-0.2, -0.15) is 0 Å². The molecule has 0 saturated heterocycles. The van der Waals surface area contributed by atoms with Crippen molar-refractivity contribution in [2.75, 3.05) is 0 Å². The molecule has 18 heavy (non-hydrogen) atoms. The molecule has 0 amide bonds. The zero-order chi connectivity index (χ0) is 12.3. The van der Waals surface area contributed by atoms with Crippen molar-refractivity contribution in [3.63, 3.8) is 0 Å². The van der Waals surface area contributed by atoms with Gasteiger partial charge in [-0.3, -0.25) is 4.98 Å². The first-order valence-corrected chi connectivity index (χ1v) is 6.93. The fourth-order valence-electron chi connectivity index (χ4n) is 1.99. The maximum atomic E-state index is 12.6. The summed E-state index contributed by atoms with van der Waals surface area (Å²) in [5.41, 5.74) is 1.01. The molecule has 1 aromatic rings. The maximum absolute atomic E-state index is 12.6. The van der Waals surface area contributed by atoms with E-state index in [2.05, 4.69) is 11.9 Å². The van der Waals surface area contributed by atoms with Crippen LogP contribution < -0.4 is 0 Å². The smallest absolute Gasteiger partial charge is 0.141 e. The first-order chi connectivity index (χ1) is 8.33. The molecule has 1 rings (SSSR count). The normalized spacial score (nSPS) is 10.1. The molecule has 0 aromatic carbocycles. The zero-order valence-corrected chi connectivity index (χ0v) is 10.9. The van der Waals surface area contributed by atoms with Gasteiger partial charge in [-0.1, -0.05) is 59.3 Å². The minimum atomic E-state index is -0.246. The van der Waals surface area contributed by atoms with E-state index in [9.17, 15) is 4.39 Å². The highest BCUT2D eigenvalue weighted by Crippen LogP contribution is 2.10. The number of aromatic nitrogens is 1. The Bertz CT molecular complexity index is 282. The molecule has 0 radical (unpaired) electrons. The van der Waals surface area contributed by atoms with Crippen LogP contribution in [0.5, 0.6) is 0 Å². The van der Waals surface area contributed by atoms with Crippen LogP contribution in [0.3, 0.4) is 0 Å². The highest BCUT2D eigenvalue weighted by Gasteiger charge is 1.96. The number of pyridine rings is 1. The molecular formula is C16H28FN.